The molecule has 156 valence electrons. The number of nitrogens with one attached hydrogen (secondary N) is 2. The zero-order valence-corrected chi connectivity index (χ0v) is 17.8. The summed E-state index contributed by atoms with van der Waals surface area (Å²) in [4.78, 5) is 10.6. The van der Waals surface area contributed by atoms with Gasteiger partial charge in [0.1, 0.15) is 0 Å². The Morgan fingerprint density at radius 3 is 2.77 bits per heavy atom. The third-order valence-electron chi connectivity index (χ3n) is 6.57. The number of nitrogens with two attached hydrogens (primary N) is 1. The number of pyridine rings is 1. The van der Waals surface area contributed by atoms with E-state index in [1.54, 1.807) is 0 Å². The van der Waals surface area contributed by atoms with E-state index in [0.717, 1.165) is 42.8 Å². The molecule has 0 atom stereocenters. The van der Waals surface area contributed by atoms with Crippen LogP contribution in [0.4, 0.5) is 0 Å². The van der Waals surface area contributed by atoms with Crippen molar-refractivity contribution in [1.29, 1.82) is 0 Å². The highest BCUT2D eigenvalue weighted by Crippen LogP contribution is 2.39. The maximum absolute atomic E-state index is 5.74. The van der Waals surface area contributed by atoms with Gasteiger partial charge in [0.2, 0.25) is 0 Å². The zero-order valence-electron chi connectivity index (χ0n) is 17.8. The molecule has 1 aromatic carbocycles. The van der Waals surface area contributed by atoms with Crippen LogP contribution in [0.2, 0.25) is 0 Å². The Kier molecular flexibility index (Phi) is 5.05. The average Bonchev–Trinajstić information content (AvgIpc) is 3.38. The molecule has 30 heavy (non-hydrogen) atoms. The molecule has 1 aliphatic heterocycles. The van der Waals surface area contributed by atoms with E-state index in [0.29, 0.717) is 11.8 Å². The number of H-pyrrole nitrogens is 2. The Hall–Kier alpha value is -2.70. The van der Waals surface area contributed by atoms with Gasteiger partial charge in [0.15, 0.2) is 5.65 Å². The van der Waals surface area contributed by atoms with E-state index in [4.69, 9.17) is 5.73 Å². The van der Waals surface area contributed by atoms with Gasteiger partial charge in [-0.2, -0.15) is 5.10 Å². The number of rotatable bonds is 5. The Balaban J connectivity index is 1.56. The van der Waals surface area contributed by atoms with Crippen molar-refractivity contribution >= 4 is 21.9 Å². The number of likely N-dealkylation sites (tertiary alicyclic amines) is 1. The molecule has 4 aromatic rings. The van der Waals surface area contributed by atoms with Crippen LogP contribution in [0.1, 0.15) is 49.7 Å². The van der Waals surface area contributed by atoms with Gasteiger partial charge in [-0.3, -0.25) is 5.10 Å². The molecule has 1 aliphatic rings. The molecular weight excluding hydrogens is 372 g/mol. The first-order valence-corrected chi connectivity index (χ1v) is 11.0. The molecule has 4 N–H and O–H groups in total. The van der Waals surface area contributed by atoms with Crippen molar-refractivity contribution in [3.63, 3.8) is 0 Å². The van der Waals surface area contributed by atoms with Crippen molar-refractivity contribution in [2.24, 2.45) is 5.73 Å². The van der Waals surface area contributed by atoms with E-state index in [-0.39, 0.29) is 0 Å². The van der Waals surface area contributed by atoms with Crippen LogP contribution in [0.15, 0.2) is 36.7 Å². The molecule has 0 saturated carbocycles. The summed E-state index contributed by atoms with van der Waals surface area (Å²) < 4.78 is 0. The van der Waals surface area contributed by atoms with Crippen LogP contribution < -0.4 is 5.73 Å². The molecule has 6 heteroatoms. The smallest absolute Gasteiger partial charge is 0.155 e. The Labute approximate surface area is 176 Å². The number of fused-ring (bicyclic) bond motifs is 2. The fourth-order valence-corrected chi connectivity index (χ4v) is 5.04. The molecule has 0 unspecified atom stereocenters. The standard InChI is InChI=1S/C24H30N6/c1-15(2)22-19-13-17(16-6-10-30(11-7-16)12-8-25)3-4-21(19)28-23(22)18-5-9-26-24-20(18)14-27-29-24/h3-5,9,13-16,28H,6-8,10-12,25H2,1-2H3,(H,26,27,29). The molecule has 0 radical (unpaired) electrons. The first kappa shape index (κ1) is 19.3. The molecule has 0 aliphatic carbocycles. The highest BCUT2D eigenvalue weighted by atomic mass is 15.1. The minimum absolute atomic E-state index is 0.408. The highest BCUT2D eigenvalue weighted by Gasteiger charge is 2.23. The quantitative estimate of drug-likeness (QED) is 0.463. The molecule has 5 rings (SSSR count). The fourth-order valence-electron chi connectivity index (χ4n) is 5.04. The van der Waals surface area contributed by atoms with Gasteiger partial charge in [-0.25, -0.2) is 4.98 Å². The van der Waals surface area contributed by atoms with Crippen LogP contribution in [-0.2, 0) is 0 Å². The molecule has 3 aromatic heterocycles. The largest absolute Gasteiger partial charge is 0.354 e. The zero-order chi connectivity index (χ0) is 20.7. The van der Waals surface area contributed by atoms with Crippen LogP contribution in [0.25, 0.3) is 33.2 Å². The first-order valence-electron chi connectivity index (χ1n) is 11.0. The highest BCUT2D eigenvalue weighted by molar-refractivity contribution is 5.98. The molecule has 0 bridgehead atoms. The van der Waals surface area contributed by atoms with Crippen molar-refractivity contribution in [2.45, 2.75) is 38.5 Å². The summed E-state index contributed by atoms with van der Waals surface area (Å²) >= 11 is 0. The van der Waals surface area contributed by atoms with E-state index < -0.39 is 0 Å². The Morgan fingerprint density at radius 1 is 1.17 bits per heavy atom. The van der Waals surface area contributed by atoms with Crippen molar-refractivity contribution in [3.8, 4) is 11.3 Å². The summed E-state index contributed by atoms with van der Waals surface area (Å²) in [6.07, 6.45) is 6.14. The molecular formula is C24H30N6. The van der Waals surface area contributed by atoms with Gasteiger partial charge in [0.25, 0.3) is 0 Å². The summed E-state index contributed by atoms with van der Waals surface area (Å²) in [5, 5.41) is 9.58. The third kappa shape index (κ3) is 3.30. The van der Waals surface area contributed by atoms with Crippen LogP contribution in [0.5, 0.6) is 0 Å². The Morgan fingerprint density at radius 2 is 2.00 bits per heavy atom. The second-order valence-corrected chi connectivity index (χ2v) is 8.77. The predicted octanol–water partition coefficient (Wildman–Crippen LogP) is 4.37. The molecule has 0 spiro atoms. The van der Waals surface area contributed by atoms with Gasteiger partial charge < -0.3 is 15.6 Å². The molecule has 4 heterocycles. The number of piperidine rings is 1. The van der Waals surface area contributed by atoms with Gasteiger partial charge in [0, 0.05) is 41.1 Å². The van der Waals surface area contributed by atoms with Crippen molar-refractivity contribution in [2.75, 3.05) is 26.2 Å². The normalized spacial score (nSPS) is 16.3. The van der Waals surface area contributed by atoms with Gasteiger partial charge in [0.05, 0.1) is 11.9 Å². The van der Waals surface area contributed by atoms with Crippen molar-refractivity contribution in [3.05, 3.63) is 47.8 Å². The number of hydrogen-bond acceptors (Lipinski definition) is 4. The van der Waals surface area contributed by atoms with Gasteiger partial charge in [-0.1, -0.05) is 19.9 Å². The van der Waals surface area contributed by atoms with E-state index in [1.807, 2.05) is 12.4 Å². The van der Waals surface area contributed by atoms with Crippen LogP contribution in [0.3, 0.4) is 0 Å². The van der Waals surface area contributed by atoms with E-state index >= 15 is 0 Å². The summed E-state index contributed by atoms with van der Waals surface area (Å²) in [6.45, 7) is 8.60. The maximum atomic E-state index is 5.74. The number of hydrogen-bond donors (Lipinski definition) is 3. The van der Waals surface area contributed by atoms with Crippen LogP contribution in [0, 0.1) is 0 Å². The second kappa shape index (κ2) is 7.85. The van der Waals surface area contributed by atoms with Crippen LogP contribution in [-0.4, -0.2) is 51.2 Å². The second-order valence-electron chi connectivity index (χ2n) is 8.77. The molecule has 0 amide bonds. The van der Waals surface area contributed by atoms with Gasteiger partial charge in [-0.05, 0) is 67.1 Å². The summed E-state index contributed by atoms with van der Waals surface area (Å²) in [6, 6.07) is 9.10. The lowest BCUT2D eigenvalue weighted by atomic mass is 9.87. The van der Waals surface area contributed by atoms with E-state index in [2.05, 4.69) is 63.2 Å². The maximum Gasteiger partial charge on any atom is 0.155 e. The fraction of sp³-hybridized carbons (Fsp3) is 0.417. The topological polar surface area (TPSA) is 86.6 Å². The lowest BCUT2D eigenvalue weighted by molar-refractivity contribution is 0.218. The SMILES string of the molecule is CC(C)c1c(-c2ccnc3[nH]ncc23)[nH]c2ccc(C3CCN(CCN)CC3)cc12. The number of nitrogens with zero attached hydrogens (tertiary/aromatic N) is 3. The van der Waals surface area contributed by atoms with Crippen molar-refractivity contribution in [1.82, 2.24) is 25.1 Å². The lowest BCUT2D eigenvalue weighted by Gasteiger charge is -2.31. The number of aromatic nitrogens is 4. The van der Waals surface area contributed by atoms with Gasteiger partial charge in [-0.15, -0.1) is 0 Å². The van der Waals surface area contributed by atoms with Gasteiger partial charge >= 0.3 is 0 Å². The lowest BCUT2D eigenvalue weighted by Crippen LogP contribution is -2.36. The first-order chi connectivity index (χ1) is 14.7. The molecule has 1 saturated heterocycles. The van der Waals surface area contributed by atoms with Crippen LogP contribution >= 0.6 is 0 Å². The number of aromatic amines is 2. The molecule has 1 fully saturated rings. The third-order valence-corrected chi connectivity index (χ3v) is 6.57. The summed E-state index contributed by atoms with van der Waals surface area (Å²) in [7, 11) is 0. The minimum Gasteiger partial charge on any atom is -0.354 e. The summed E-state index contributed by atoms with van der Waals surface area (Å²) in [5.74, 6) is 1.04. The summed E-state index contributed by atoms with van der Waals surface area (Å²) in [5.41, 5.74) is 12.9. The Bertz CT molecular complexity index is 1160. The predicted molar refractivity (Wildman–Crippen MR) is 123 cm³/mol. The van der Waals surface area contributed by atoms with E-state index in [1.165, 1.54) is 40.6 Å². The molecule has 6 nitrogen and oxygen atoms in total. The average molecular weight is 403 g/mol. The van der Waals surface area contributed by atoms with E-state index in [9.17, 15) is 0 Å². The minimum atomic E-state index is 0.408. The monoisotopic (exact) mass is 402 g/mol. The van der Waals surface area contributed by atoms with Crippen molar-refractivity contribution < 1.29 is 0 Å². The number of benzene rings is 1.